The van der Waals surface area contributed by atoms with Gasteiger partial charge >= 0.3 is 11.9 Å². The molecule has 0 spiro atoms. The minimum absolute atomic E-state index is 0.237. The molecule has 1 aromatic heterocycles. The molecule has 144 valence electrons. The Morgan fingerprint density at radius 3 is 2.77 bits per heavy atom. The smallest absolute Gasteiger partial charge is 0.348 e. The first kappa shape index (κ1) is 20.8. The van der Waals surface area contributed by atoms with E-state index in [0.717, 1.165) is 17.7 Å². The summed E-state index contributed by atoms with van der Waals surface area (Å²) in [6.07, 6.45) is 2.68. The average Bonchev–Trinajstić information content (AvgIpc) is 3.11. The van der Waals surface area contributed by atoms with Crippen LogP contribution in [0.2, 0.25) is 0 Å². The Morgan fingerprint density at radius 2 is 2.08 bits per heavy atom. The van der Waals surface area contributed by atoms with Gasteiger partial charge in [-0.2, -0.15) is 0 Å². The van der Waals surface area contributed by atoms with Crippen molar-refractivity contribution in [3.05, 3.63) is 21.9 Å². The molecule has 0 bridgehead atoms. The third kappa shape index (κ3) is 5.01. The predicted molar refractivity (Wildman–Crippen MR) is 103 cm³/mol. The second-order valence-corrected chi connectivity index (χ2v) is 8.47. The maximum Gasteiger partial charge on any atom is 0.348 e. The lowest BCUT2D eigenvalue weighted by Crippen LogP contribution is -2.55. The van der Waals surface area contributed by atoms with Crippen LogP contribution in [0.5, 0.6) is 0 Å². The summed E-state index contributed by atoms with van der Waals surface area (Å²) in [5, 5.41) is 2.77. The summed E-state index contributed by atoms with van der Waals surface area (Å²) in [5.41, 5.74) is 0. The van der Waals surface area contributed by atoms with Gasteiger partial charge < -0.3 is 14.8 Å². The molecule has 1 atom stereocenters. The van der Waals surface area contributed by atoms with Gasteiger partial charge in [-0.1, -0.05) is 13.3 Å². The molecule has 8 heteroatoms. The van der Waals surface area contributed by atoms with Crippen LogP contribution in [0.1, 0.15) is 47.7 Å². The van der Waals surface area contributed by atoms with E-state index >= 15 is 0 Å². The highest BCUT2D eigenvalue weighted by molar-refractivity contribution is 8.02. The SMILES string of the molecule is CCCCOC(=O)c1ccc(CCC2(C(=O)OCC)SCCNC2=O)s1. The van der Waals surface area contributed by atoms with Crippen molar-refractivity contribution in [2.75, 3.05) is 25.5 Å². The molecule has 2 rings (SSSR count). The molecule has 1 N–H and O–H groups in total. The van der Waals surface area contributed by atoms with Crippen LogP contribution in [0.25, 0.3) is 0 Å². The minimum atomic E-state index is -1.21. The van der Waals surface area contributed by atoms with E-state index in [-0.39, 0.29) is 18.5 Å². The lowest BCUT2D eigenvalue weighted by molar-refractivity contribution is -0.150. The zero-order valence-corrected chi connectivity index (χ0v) is 16.8. The number of aryl methyl sites for hydroxylation is 1. The Morgan fingerprint density at radius 1 is 1.27 bits per heavy atom. The molecule has 0 aliphatic carbocycles. The fourth-order valence-corrected chi connectivity index (χ4v) is 4.67. The molecule has 0 saturated carbocycles. The normalized spacial score (nSPS) is 19.7. The third-order valence-electron chi connectivity index (χ3n) is 4.03. The van der Waals surface area contributed by atoms with E-state index in [9.17, 15) is 14.4 Å². The van der Waals surface area contributed by atoms with Gasteiger partial charge in [0.1, 0.15) is 4.88 Å². The van der Waals surface area contributed by atoms with E-state index in [2.05, 4.69) is 5.32 Å². The van der Waals surface area contributed by atoms with E-state index in [0.29, 0.717) is 36.6 Å². The Labute approximate surface area is 162 Å². The van der Waals surface area contributed by atoms with Gasteiger partial charge in [0.2, 0.25) is 5.91 Å². The van der Waals surface area contributed by atoms with Crippen LogP contribution in [0, 0.1) is 0 Å². The van der Waals surface area contributed by atoms with Crippen molar-refractivity contribution in [2.24, 2.45) is 0 Å². The van der Waals surface area contributed by atoms with Crippen molar-refractivity contribution < 1.29 is 23.9 Å². The number of hydrogen-bond acceptors (Lipinski definition) is 7. The van der Waals surface area contributed by atoms with Gasteiger partial charge in [-0.05, 0) is 38.3 Å². The summed E-state index contributed by atoms with van der Waals surface area (Å²) < 4.78 is 9.15. The molecule has 1 saturated heterocycles. The maximum absolute atomic E-state index is 12.4. The van der Waals surface area contributed by atoms with Crippen LogP contribution in [0.15, 0.2) is 12.1 Å². The number of carbonyl (C=O) groups is 3. The number of unbranched alkanes of at least 4 members (excludes halogenated alkanes) is 1. The Balaban J connectivity index is 2.02. The van der Waals surface area contributed by atoms with E-state index < -0.39 is 10.7 Å². The molecular weight excluding hydrogens is 374 g/mol. The summed E-state index contributed by atoms with van der Waals surface area (Å²) in [6.45, 7) is 4.98. The summed E-state index contributed by atoms with van der Waals surface area (Å²) in [5.74, 6) is -0.426. The molecule has 0 aromatic carbocycles. The van der Waals surface area contributed by atoms with Gasteiger partial charge in [0.25, 0.3) is 0 Å². The van der Waals surface area contributed by atoms with E-state index in [1.807, 2.05) is 13.0 Å². The second kappa shape index (κ2) is 9.97. The summed E-state index contributed by atoms with van der Waals surface area (Å²) >= 11 is 2.68. The first-order chi connectivity index (χ1) is 12.5. The molecule has 1 amide bonds. The van der Waals surface area contributed by atoms with Crippen LogP contribution in [0.4, 0.5) is 0 Å². The van der Waals surface area contributed by atoms with Crippen LogP contribution >= 0.6 is 23.1 Å². The molecule has 1 aromatic rings. The van der Waals surface area contributed by atoms with Crippen LogP contribution < -0.4 is 5.32 Å². The van der Waals surface area contributed by atoms with Gasteiger partial charge in [0.05, 0.1) is 13.2 Å². The zero-order chi connectivity index (χ0) is 19.0. The number of amides is 1. The second-order valence-electron chi connectivity index (χ2n) is 5.91. The number of esters is 2. The van der Waals surface area contributed by atoms with E-state index in [1.165, 1.54) is 23.1 Å². The molecule has 26 heavy (non-hydrogen) atoms. The van der Waals surface area contributed by atoms with Gasteiger partial charge in [-0.15, -0.1) is 23.1 Å². The number of hydrogen-bond donors (Lipinski definition) is 1. The summed E-state index contributed by atoms with van der Waals surface area (Å²) in [6, 6.07) is 3.59. The largest absolute Gasteiger partial charge is 0.465 e. The van der Waals surface area contributed by atoms with E-state index in [4.69, 9.17) is 9.47 Å². The third-order valence-corrected chi connectivity index (χ3v) is 6.61. The van der Waals surface area contributed by atoms with Crippen molar-refractivity contribution in [2.45, 2.75) is 44.3 Å². The fourth-order valence-electron chi connectivity index (χ4n) is 2.59. The van der Waals surface area contributed by atoms with Crippen LogP contribution in [0.3, 0.4) is 0 Å². The molecule has 2 heterocycles. The average molecular weight is 400 g/mol. The van der Waals surface area contributed by atoms with Gasteiger partial charge in [0.15, 0.2) is 4.75 Å². The van der Waals surface area contributed by atoms with Crippen molar-refractivity contribution in [1.82, 2.24) is 5.32 Å². The molecule has 1 aliphatic rings. The van der Waals surface area contributed by atoms with Crippen LogP contribution in [-0.2, 0) is 25.5 Å². The number of carbonyl (C=O) groups excluding carboxylic acids is 3. The maximum atomic E-state index is 12.4. The monoisotopic (exact) mass is 399 g/mol. The number of nitrogens with one attached hydrogen (secondary N) is 1. The quantitative estimate of drug-likeness (QED) is 0.391. The van der Waals surface area contributed by atoms with Gasteiger partial charge in [-0.3, -0.25) is 4.79 Å². The Bertz CT molecular complexity index is 645. The summed E-state index contributed by atoms with van der Waals surface area (Å²) in [4.78, 5) is 38.3. The highest BCUT2D eigenvalue weighted by Gasteiger charge is 2.49. The van der Waals surface area contributed by atoms with E-state index in [1.54, 1.807) is 13.0 Å². The number of thioether (sulfide) groups is 1. The molecule has 1 fully saturated rings. The predicted octanol–water partition coefficient (Wildman–Crippen LogP) is 2.80. The number of thiophene rings is 1. The number of rotatable bonds is 9. The molecule has 0 radical (unpaired) electrons. The van der Waals surface area contributed by atoms with Crippen LogP contribution in [-0.4, -0.2) is 48.1 Å². The van der Waals surface area contributed by atoms with Crippen molar-refractivity contribution in [3.63, 3.8) is 0 Å². The fraction of sp³-hybridized carbons (Fsp3) is 0.611. The Kier molecular flexibility index (Phi) is 7.96. The Hall–Kier alpha value is -1.54. The highest BCUT2D eigenvalue weighted by atomic mass is 32.2. The zero-order valence-electron chi connectivity index (χ0n) is 15.2. The standard InChI is InChI=1S/C18H25NO5S2/c1-3-5-11-24-15(20)14-7-6-13(26-14)8-9-18(17(22)23-4-2)16(21)19-10-12-25-18/h6-7H,3-5,8-12H2,1-2H3,(H,19,21). The van der Waals surface area contributed by atoms with Crippen molar-refractivity contribution in [3.8, 4) is 0 Å². The van der Waals surface area contributed by atoms with Crippen molar-refractivity contribution in [1.29, 1.82) is 0 Å². The topological polar surface area (TPSA) is 81.7 Å². The van der Waals surface area contributed by atoms with Gasteiger partial charge in [-0.25, -0.2) is 9.59 Å². The minimum Gasteiger partial charge on any atom is -0.465 e. The highest BCUT2D eigenvalue weighted by Crippen LogP contribution is 2.35. The first-order valence-electron chi connectivity index (χ1n) is 8.88. The lowest BCUT2D eigenvalue weighted by Gasteiger charge is -2.33. The van der Waals surface area contributed by atoms with Gasteiger partial charge in [0, 0.05) is 17.2 Å². The molecule has 1 unspecified atom stereocenters. The summed E-state index contributed by atoms with van der Waals surface area (Å²) in [7, 11) is 0. The number of ether oxygens (including phenoxy) is 2. The molecule has 1 aliphatic heterocycles. The first-order valence-corrected chi connectivity index (χ1v) is 10.7. The lowest BCUT2D eigenvalue weighted by atomic mass is 10.00. The molecular formula is C18H25NO5S2. The molecule has 6 nitrogen and oxygen atoms in total. The van der Waals surface area contributed by atoms with Crippen molar-refractivity contribution >= 4 is 40.9 Å².